The third-order valence-electron chi connectivity index (χ3n) is 2.30. The lowest BCUT2D eigenvalue weighted by molar-refractivity contribution is 0.562. The second-order valence-electron chi connectivity index (χ2n) is 4.81. The summed E-state index contributed by atoms with van der Waals surface area (Å²) in [6.45, 7) is 5.71. The Morgan fingerprint density at radius 1 is 1.29 bits per heavy atom. The van der Waals surface area contributed by atoms with Gasteiger partial charge in [-0.25, -0.2) is 0 Å². The highest BCUT2D eigenvalue weighted by atomic mass is 32.2. The lowest BCUT2D eigenvalue weighted by Gasteiger charge is -2.17. The van der Waals surface area contributed by atoms with E-state index in [2.05, 4.69) is 4.40 Å². The molecule has 1 heterocycles. The molecule has 1 aromatic heterocycles. The van der Waals surface area contributed by atoms with E-state index in [-0.39, 0.29) is 4.75 Å². The summed E-state index contributed by atoms with van der Waals surface area (Å²) < 4.78 is 20.7. The van der Waals surface area contributed by atoms with Crippen molar-refractivity contribution in [2.75, 3.05) is 0 Å². The maximum absolute atomic E-state index is 11.7. The third-order valence-corrected chi connectivity index (χ3v) is 3.64. The molecular formula is C13H15NO2S. The van der Waals surface area contributed by atoms with E-state index in [1.54, 1.807) is 12.5 Å². The van der Waals surface area contributed by atoms with Crippen LogP contribution in [0.5, 0.6) is 0 Å². The minimum atomic E-state index is -1.22. The SMILES string of the molecule is CC(C)(C)[S+]([O-])/N=C/c1ccc2occc2c1. The summed E-state index contributed by atoms with van der Waals surface area (Å²) in [7, 11) is 0. The molecule has 90 valence electrons. The minimum absolute atomic E-state index is 0.323. The summed E-state index contributed by atoms with van der Waals surface area (Å²) in [5.41, 5.74) is 1.77. The van der Waals surface area contributed by atoms with Crippen LogP contribution >= 0.6 is 0 Å². The van der Waals surface area contributed by atoms with Gasteiger partial charge in [0.05, 0.1) is 12.5 Å². The van der Waals surface area contributed by atoms with Gasteiger partial charge in [0.15, 0.2) is 0 Å². The Morgan fingerprint density at radius 3 is 2.76 bits per heavy atom. The Bertz CT molecular complexity index is 540. The molecule has 2 aromatic rings. The Kier molecular flexibility index (Phi) is 3.26. The van der Waals surface area contributed by atoms with Crippen molar-refractivity contribution in [3.63, 3.8) is 0 Å². The molecule has 0 fully saturated rings. The molecular weight excluding hydrogens is 234 g/mol. The summed E-state index contributed by atoms with van der Waals surface area (Å²) in [5.74, 6) is 0. The van der Waals surface area contributed by atoms with E-state index in [4.69, 9.17) is 4.42 Å². The fourth-order valence-corrected chi connectivity index (χ4v) is 1.87. The molecule has 0 aliphatic heterocycles. The zero-order valence-electron chi connectivity index (χ0n) is 10.1. The van der Waals surface area contributed by atoms with Crippen LogP contribution in [0.25, 0.3) is 11.0 Å². The van der Waals surface area contributed by atoms with Crippen LogP contribution in [-0.2, 0) is 11.4 Å². The van der Waals surface area contributed by atoms with E-state index in [1.807, 2.05) is 45.0 Å². The van der Waals surface area contributed by atoms with Gasteiger partial charge < -0.3 is 8.97 Å². The Labute approximate surface area is 104 Å². The number of rotatable bonds is 2. The van der Waals surface area contributed by atoms with Crippen LogP contribution in [0.15, 0.2) is 39.3 Å². The van der Waals surface area contributed by atoms with E-state index in [1.165, 1.54) is 0 Å². The second-order valence-corrected chi connectivity index (χ2v) is 6.75. The van der Waals surface area contributed by atoms with Crippen LogP contribution < -0.4 is 0 Å². The minimum Gasteiger partial charge on any atom is -0.591 e. The first-order valence-corrected chi connectivity index (χ1v) is 6.51. The van der Waals surface area contributed by atoms with Crippen molar-refractivity contribution in [2.45, 2.75) is 25.5 Å². The monoisotopic (exact) mass is 249 g/mol. The van der Waals surface area contributed by atoms with E-state index in [0.29, 0.717) is 0 Å². The molecule has 0 N–H and O–H groups in total. The highest BCUT2D eigenvalue weighted by molar-refractivity contribution is 7.91. The van der Waals surface area contributed by atoms with Gasteiger partial charge in [-0.3, -0.25) is 0 Å². The topological polar surface area (TPSA) is 48.6 Å². The summed E-state index contributed by atoms with van der Waals surface area (Å²) in [6.07, 6.45) is 3.30. The largest absolute Gasteiger partial charge is 0.591 e. The molecule has 0 bridgehead atoms. The average molecular weight is 249 g/mol. The number of benzene rings is 1. The van der Waals surface area contributed by atoms with Crippen LogP contribution in [0.2, 0.25) is 0 Å². The predicted octanol–water partition coefficient (Wildman–Crippen LogP) is 3.31. The molecule has 1 aromatic carbocycles. The predicted molar refractivity (Wildman–Crippen MR) is 71.7 cm³/mol. The lowest BCUT2D eigenvalue weighted by Crippen LogP contribution is -2.25. The normalized spacial score (nSPS) is 14.6. The van der Waals surface area contributed by atoms with Crippen molar-refractivity contribution in [1.29, 1.82) is 0 Å². The van der Waals surface area contributed by atoms with Crippen LogP contribution in [0.1, 0.15) is 26.3 Å². The highest BCUT2D eigenvalue weighted by Gasteiger charge is 2.25. The fraction of sp³-hybridized carbons (Fsp3) is 0.308. The molecule has 0 saturated heterocycles. The number of hydrogen-bond donors (Lipinski definition) is 0. The molecule has 1 atom stereocenters. The van der Waals surface area contributed by atoms with E-state index >= 15 is 0 Å². The van der Waals surface area contributed by atoms with Crippen molar-refractivity contribution in [2.24, 2.45) is 4.40 Å². The summed E-state index contributed by atoms with van der Waals surface area (Å²) in [5, 5.41) is 1.02. The van der Waals surface area contributed by atoms with Crippen LogP contribution in [0, 0.1) is 0 Å². The van der Waals surface area contributed by atoms with Crippen molar-refractivity contribution in [3.05, 3.63) is 36.1 Å². The molecule has 0 aliphatic carbocycles. The van der Waals surface area contributed by atoms with Gasteiger partial charge >= 0.3 is 0 Å². The molecule has 0 radical (unpaired) electrons. The third kappa shape index (κ3) is 2.90. The first kappa shape index (κ1) is 12.2. The molecule has 1 unspecified atom stereocenters. The highest BCUT2D eigenvalue weighted by Crippen LogP contribution is 2.18. The summed E-state index contributed by atoms with van der Waals surface area (Å²) in [4.78, 5) is 0. The molecule has 3 nitrogen and oxygen atoms in total. The smallest absolute Gasteiger partial charge is 0.144 e. The first-order valence-electron chi connectivity index (χ1n) is 5.40. The van der Waals surface area contributed by atoms with Gasteiger partial charge in [-0.1, -0.05) is 4.40 Å². The van der Waals surface area contributed by atoms with Crippen molar-refractivity contribution >= 4 is 28.5 Å². The molecule has 0 amide bonds. The van der Waals surface area contributed by atoms with Gasteiger partial charge in [-0.2, -0.15) is 0 Å². The number of nitrogens with zero attached hydrogens (tertiary/aromatic N) is 1. The Morgan fingerprint density at radius 2 is 2.06 bits per heavy atom. The molecule has 17 heavy (non-hydrogen) atoms. The van der Waals surface area contributed by atoms with Crippen LogP contribution in [-0.4, -0.2) is 15.5 Å². The molecule has 2 rings (SSSR count). The quantitative estimate of drug-likeness (QED) is 0.605. The number of furan rings is 1. The van der Waals surface area contributed by atoms with Gasteiger partial charge in [0, 0.05) is 5.39 Å². The first-order chi connectivity index (χ1) is 7.97. The molecule has 0 aliphatic rings. The second kappa shape index (κ2) is 4.55. The maximum atomic E-state index is 11.7. The zero-order valence-corrected chi connectivity index (χ0v) is 11.0. The maximum Gasteiger partial charge on any atom is 0.144 e. The Balaban J connectivity index is 2.20. The van der Waals surface area contributed by atoms with Crippen LogP contribution in [0.3, 0.4) is 0 Å². The molecule has 0 saturated carbocycles. The fourth-order valence-electron chi connectivity index (χ4n) is 1.33. The van der Waals surface area contributed by atoms with Crippen LogP contribution in [0.4, 0.5) is 0 Å². The Hall–Kier alpha value is -1.26. The number of hydrogen-bond acceptors (Lipinski definition) is 3. The van der Waals surface area contributed by atoms with Gasteiger partial charge in [0.25, 0.3) is 0 Å². The van der Waals surface area contributed by atoms with E-state index < -0.39 is 11.4 Å². The lowest BCUT2D eigenvalue weighted by atomic mass is 10.2. The molecule has 0 spiro atoms. The summed E-state index contributed by atoms with van der Waals surface area (Å²) >= 11 is -1.22. The van der Waals surface area contributed by atoms with Gasteiger partial charge in [0.1, 0.15) is 21.7 Å². The van der Waals surface area contributed by atoms with Crippen molar-refractivity contribution in [3.8, 4) is 0 Å². The van der Waals surface area contributed by atoms with Crippen molar-refractivity contribution in [1.82, 2.24) is 0 Å². The standard InChI is InChI=1S/C13H15NO2S/c1-13(2,3)17(15)14-9-10-4-5-12-11(8-10)6-7-16-12/h4-9H,1-3H3/b14-9+. The average Bonchev–Trinajstić information content (AvgIpc) is 2.71. The van der Waals surface area contributed by atoms with Gasteiger partial charge in [-0.15, -0.1) is 0 Å². The van der Waals surface area contributed by atoms with Gasteiger partial charge in [0.2, 0.25) is 0 Å². The zero-order chi connectivity index (χ0) is 12.5. The van der Waals surface area contributed by atoms with Gasteiger partial charge in [-0.05, 0) is 50.6 Å². The summed E-state index contributed by atoms with van der Waals surface area (Å²) in [6, 6.07) is 7.64. The molecule has 4 heteroatoms. The van der Waals surface area contributed by atoms with E-state index in [0.717, 1.165) is 16.5 Å². The van der Waals surface area contributed by atoms with E-state index in [9.17, 15) is 4.55 Å². The van der Waals surface area contributed by atoms with Crippen molar-refractivity contribution < 1.29 is 8.97 Å². The number of fused-ring (bicyclic) bond motifs is 1.